The number of amides is 2. The number of hydrazine groups is 1. The first-order chi connectivity index (χ1) is 13.8. The molecule has 29 heavy (non-hydrogen) atoms. The van der Waals surface area contributed by atoms with E-state index in [-0.39, 0.29) is 11.3 Å². The third kappa shape index (κ3) is 5.42. The Morgan fingerprint density at radius 1 is 0.793 bits per heavy atom. The lowest BCUT2D eigenvalue weighted by molar-refractivity contribution is 0.0846. The van der Waals surface area contributed by atoms with Crippen molar-refractivity contribution in [1.29, 1.82) is 0 Å². The highest BCUT2D eigenvalue weighted by Gasteiger charge is 2.15. The van der Waals surface area contributed by atoms with Gasteiger partial charge < -0.3 is 4.74 Å². The summed E-state index contributed by atoms with van der Waals surface area (Å²) in [4.78, 5) is 28.6. The van der Waals surface area contributed by atoms with Gasteiger partial charge in [-0.15, -0.1) is 0 Å². The van der Waals surface area contributed by atoms with E-state index < -0.39 is 5.91 Å². The molecule has 0 aliphatic rings. The molecule has 0 radical (unpaired) electrons. The van der Waals surface area contributed by atoms with E-state index in [0.717, 1.165) is 5.56 Å². The van der Waals surface area contributed by atoms with Crippen LogP contribution in [0, 0.1) is 0 Å². The van der Waals surface area contributed by atoms with E-state index in [2.05, 4.69) is 36.6 Å². The number of aromatic nitrogens is 1. The summed E-state index contributed by atoms with van der Waals surface area (Å²) in [5.41, 5.74) is 6.83. The molecule has 0 aliphatic carbocycles. The summed E-state index contributed by atoms with van der Waals surface area (Å²) in [7, 11) is 0. The SMILES string of the molecule is CC(C)(C)c1ccc(C(=O)NNC(=O)c2cccc(Oc3ccncc3)c2)cc1. The van der Waals surface area contributed by atoms with Crippen LogP contribution in [-0.2, 0) is 5.41 Å². The van der Waals surface area contributed by atoms with E-state index in [1.807, 2.05) is 12.1 Å². The molecule has 2 N–H and O–H groups in total. The van der Waals surface area contributed by atoms with Crippen LogP contribution >= 0.6 is 0 Å². The molecule has 6 nitrogen and oxygen atoms in total. The van der Waals surface area contributed by atoms with Crippen LogP contribution < -0.4 is 15.6 Å². The molecule has 0 aliphatic heterocycles. The van der Waals surface area contributed by atoms with Crippen LogP contribution in [0.15, 0.2) is 73.1 Å². The van der Waals surface area contributed by atoms with Crippen molar-refractivity contribution in [2.75, 3.05) is 0 Å². The van der Waals surface area contributed by atoms with Crippen LogP contribution in [0.5, 0.6) is 11.5 Å². The van der Waals surface area contributed by atoms with Crippen molar-refractivity contribution in [2.45, 2.75) is 26.2 Å². The molecular weight excluding hydrogens is 366 g/mol. The molecule has 0 bridgehead atoms. The molecule has 2 aromatic carbocycles. The molecule has 0 fully saturated rings. The number of ether oxygens (including phenoxy) is 1. The summed E-state index contributed by atoms with van der Waals surface area (Å²) in [6.45, 7) is 6.32. The van der Waals surface area contributed by atoms with Gasteiger partial charge in [-0.25, -0.2) is 0 Å². The maximum atomic E-state index is 12.4. The van der Waals surface area contributed by atoms with Crippen LogP contribution in [0.2, 0.25) is 0 Å². The maximum Gasteiger partial charge on any atom is 0.269 e. The molecule has 6 heteroatoms. The zero-order valence-electron chi connectivity index (χ0n) is 16.6. The number of benzene rings is 2. The fraction of sp³-hybridized carbons (Fsp3) is 0.174. The lowest BCUT2D eigenvalue weighted by Gasteiger charge is -2.19. The third-order valence-corrected chi connectivity index (χ3v) is 4.28. The normalized spacial score (nSPS) is 10.9. The third-order valence-electron chi connectivity index (χ3n) is 4.28. The van der Waals surface area contributed by atoms with E-state index in [9.17, 15) is 9.59 Å². The van der Waals surface area contributed by atoms with Crippen LogP contribution in [0.1, 0.15) is 47.1 Å². The van der Waals surface area contributed by atoms with Gasteiger partial charge in [-0.05, 0) is 53.4 Å². The Morgan fingerprint density at radius 2 is 1.41 bits per heavy atom. The average molecular weight is 389 g/mol. The first-order valence-corrected chi connectivity index (χ1v) is 9.22. The number of carbonyl (C=O) groups excluding carboxylic acids is 2. The summed E-state index contributed by atoms with van der Waals surface area (Å²) in [5, 5.41) is 0. The number of hydrogen-bond donors (Lipinski definition) is 2. The predicted octanol–water partition coefficient (Wildman–Crippen LogP) is 4.25. The standard InChI is InChI=1S/C23H23N3O3/c1-23(2,3)18-9-7-16(8-10-18)21(27)25-26-22(28)17-5-4-6-20(15-17)29-19-11-13-24-14-12-19/h4-15H,1-3H3,(H,25,27)(H,26,28). The zero-order chi connectivity index (χ0) is 20.9. The second-order valence-corrected chi connectivity index (χ2v) is 7.55. The fourth-order valence-corrected chi connectivity index (χ4v) is 2.62. The smallest absolute Gasteiger partial charge is 0.269 e. The van der Waals surface area contributed by atoms with Gasteiger partial charge in [0.15, 0.2) is 0 Å². The van der Waals surface area contributed by atoms with Gasteiger partial charge in [-0.2, -0.15) is 0 Å². The van der Waals surface area contributed by atoms with Gasteiger partial charge in [0.1, 0.15) is 11.5 Å². The number of rotatable bonds is 4. The number of carbonyl (C=O) groups is 2. The molecule has 0 atom stereocenters. The Bertz CT molecular complexity index is 994. The van der Waals surface area contributed by atoms with Gasteiger partial charge >= 0.3 is 0 Å². The first-order valence-electron chi connectivity index (χ1n) is 9.22. The molecule has 0 spiro atoms. The molecule has 3 aromatic rings. The second kappa shape index (κ2) is 8.56. The summed E-state index contributed by atoms with van der Waals surface area (Å²) in [6.07, 6.45) is 3.24. The molecule has 0 unspecified atom stereocenters. The minimum atomic E-state index is -0.440. The number of nitrogens with one attached hydrogen (secondary N) is 2. The first kappa shape index (κ1) is 20.1. The summed E-state index contributed by atoms with van der Waals surface area (Å²) >= 11 is 0. The number of nitrogens with zero attached hydrogens (tertiary/aromatic N) is 1. The predicted molar refractivity (Wildman–Crippen MR) is 111 cm³/mol. The lowest BCUT2D eigenvalue weighted by Crippen LogP contribution is -2.41. The number of pyridine rings is 1. The van der Waals surface area contributed by atoms with Gasteiger partial charge in [0.25, 0.3) is 11.8 Å². The molecule has 148 valence electrons. The van der Waals surface area contributed by atoms with Gasteiger partial charge in [0, 0.05) is 23.5 Å². The number of hydrogen-bond acceptors (Lipinski definition) is 4. The summed E-state index contributed by atoms with van der Waals surface area (Å²) in [6, 6.07) is 17.4. The highest BCUT2D eigenvalue weighted by molar-refractivity contribution is 5.99. The highest BCUT2D eigenvalue weighted by Crippen LogP contribution is 2.22. The lowest BCUT2D eigenvalue weighted by atomic mass is 9.87. The maximum absolute atomic E-state index is 12.4. The van der Waals surface area contributed by atoms with Crippen molar-refractivity contribution in [1.82, 2.24) is 15.8 Å². The average Bonchev–Trinajstić information content (AvgIpc) is 2.72. The van der Waals surface area contributed by atoms with Crippen molar-refractivity contribution >= 4 is 11.8 Å². The molecule has 3 rings (SSSR count). The molecule has 0 saturated heterocycles. The van der Waals surface area contributed by atoms with Gasteiger partial charge in [-0.1, -0.05) is 39.0 Å². The Balaban J connectivity index is 1.60. The van der Waals surface area contributed by atoms with Crippen LogP contribution in [0.25, 0.3) is 0 Å². The largest absolute Gasteiger partial charge is 0.457 e. The Hall–Kier alpha value is -3.67. The second-order valence-electron chi connectivity index (χ2n) is 7.55. The summed E-state index contributed by atoms with van der Waals surface area (Å²) in [5.74, 6) is 0.297. The zero-order valence-corrected chi connectivity index (χ0v) is 16.6. The Morgan fingerprint density at radius 3 is 2.03 bits per heavy atom. The van der Waals surface area contributed by atoms with Crippen molar-refractivity contribution in [3.8, 4) is 11.5 Å². The van der Waals surface area contributed by atoms with Gasteiger partial charge in [0.05, 0.1) is 0 Å². The molecule has 1 heterocycles. The van der Waals surface area contributed by atoms with Crippen molar-refractivity contribution in [3.05, 3.63) is 89.7 Å². The fourth-order valence-electron chi connectivity index (χ4n) is 2.62. The van der Waals surface area contributed by atoms with E-state index in [1.165, 1.54) is 0 Å². The van der Waals surface area contributed by atoms with Crippen molar-refractivity contribution in [2.24, 2.45) is 0 Å². The minimum absolute atomic E-state index is 0.00652. The monoisotopic (exact) mass is 389 g/mol. The summed E-state index contributed by atoms with van der Waals surface area (Å²) < 4.78 is 5.70. The van der Waals surface area contributed by atoms with E-state index in [1.54, 1.807) is 60.9 Å². The van der Waals surface area contributed by atoms with Crippen molar-refractivity contribution in [3.63, 3.8) is 0 Å². The Labute approximate surface area is 169 Å². The van der Waals surface area contributed by atoms with E-state index >= 15 is 0 Å². The van der Waals surface area contributed by atoms with Crippen LogP contribution in [0.3, 0.4) is 0 Å². The highest BCUT2D eigenvalue weighted by atomic mass is 16.5. The van der Waals surface area contributed by atoms with Crippen LogP contribution in [0.4, 0.5) is 0 Å². The van der Waals surface area contributed by atoms with E-state index in [0.29, 0.717) is 22.6 Å². The Kier molecular flexibility index (Phi) is 5.93. The quantitative estimate of drug-likeness (QED) is 0.654. The molecule has 2 amide bonds. The minimum Gasteiger partial charge on any atom is -0.457 e. The molecular formula is C23H23N3O3. The van der Waals surface area contributed by atoms with Crippen molar-refractivity contribution < 1.29 is 14.3 Å². The van der Waals surface area contributed by atoms with Gasteiger partial charge in [0.2, 0.25) is 0 Å². The molecule has 1 aromatic heterocycles. The van der Waals surface area contributed by atoms with Gasteiger partial charge in [-0.3, -0.25) is 25.4 Å². The molecule has 0 saturated carbocycles. The topological polar surface area (TPSA) is 80.3 Å². The van der Waals surface area contributed by atoms with Crippen LogP contribution in [-0.4, -0.2) is 16.8 Å². The van der Waals surface area contributed by atoms with E-state index in [4.69, 9.17) is 4.74 Å².